The minimum Gasteiger partial charge on any atom is -0.287 e. The molecule has 28 heavy (non-hydrogen) atoms. The van der Waals surface area contributed by atoms with Crippen LogP contribution in [0.1, 0.15) is 16.7 Å². The van der Waals surface area contributed by atoms with Gasteiger partial charge in [0.15, 0.2) is 0 Å². The smallest absolute Gasteiger partial charge is 0.287 e. The van der Waals surface area contributed by atoms with E-state index in [4.69, 9.17) is 0 Å². The molecule has 1 aliphatic heterocycles. The Morgan fingerprint density at radius 3 is 2.00 bits per heavy atom. The van der Waals surface area contributed by atoms with Gasteiger partial charge >= 0.3 is 6.03 Å². The summed E-state index contributed by atoms with van der Waals surface area (Å²) in [6.07, 6.45) is 0. The molecule has 0 spiro atoms. The van der Waals surface area contributed by atoms with Crippen LogP contribution in [0.4, 0.5) is 16.2 Å². The molecule has 2 amide bonds. The maximum Gasteiger partial charge on any atom is 0.343 e. The first kappa shape index (κ1) is 18.3. The minimum atomic E-state index is -4.00. The molecule has 6 heteroatoms. The molecule has 0 atom stereocenters. The molecule has 3 aromatic rings. The monoisotopic (exact) mass is 392 g/mol. The molecule has 1 heterocycles. The average Bonchev–Trinajstić information content (AvgIpc) is 2.68. The number of rotatable bonds is 3. The van der Waals surface area contributed by atoms with Crippen LogP contribution in [0.15, 0.2) is 77.7 Å². The van der Waals surface area contributed by atoms with Crippen LogP contribution < -0.4 is 9.21 Å². The summed E-state index contributed by atoms with van der Waals surface area (Å²) < 4.78 is 27.5. The molecule has 5 nitrogen and oxygen atoms in total. The summed E-state index contributed by atoms with van der Waals surface area (Å²) >= 11 is 0. The Morgan fingerprint density at radius 2 is 1.32 bits per heavy atom. The summed E-state index contributed by atoms with van der Waals surface area (Å²) in [5.74, 6) is 0. The van der Waals surface area contributed by atoms with Crippen molar-refractivity contribution in [3.05, 3.63) is 89.5 Å². The fourth-order valence-corrected chi connectivity index (χ4v) is 5.10. The van der Waals surface area contributed by atoms with Crippen molar-refractivity contribution in [2.75, 3.05) is 9.21 Å². The maximum absolute atomic E-state index is 13.4. The molecule has 1 aliphatic rings. The molecule has 0 aliphatic carbocycles. The van der Waals surface area contributed by atoms with Gasteiger partial charge in [-0.25, -0.2) is 13.2 Å². The Morgan fingerprint density at radius 1 is 0.750 bits per heavy atom. The fraction of sp³-hybridized carbons (Fsp3) is 0.136. The van der Waals surface area contributed by atoms with Crippen molar-refractivity contribution in [2.45, 2.75) is 25.3 Å². The Balaban J connectivity index is 1.91. The van der Waals surface area contributed by atoms with Crippen LogP contribution in [0.5, 0.6) is 0 Å². The lowest BCUT2D eigenvalue weighted by Gasteiger charge is -2.37. The van der Waals surface area contributed by atoms with Gasteiger partial charge in [0.05, 0.1) is 17.9 Å². The second-order valence-electron chi connectivity index (χ2n) is 6.82. The van der Waals surface area contributed by atoms with Gasteiger partial charge < -0.3 is 0 Å². The van der Waals surface area contributed by atoms with Crippen LogP contribution in [0.3, 0.4) is 0 Å². The first-order valence-corrected chi connectivity index (χ1v) is 10.4. The van der Waals surface area contributed by atoms with E-state index in [0.29, 0.717) is 17.9 Å². The van der Waals surface area contributed by atoms with E-state index in [1.54, 1.807) is 49.4 Å². The van der Waals surface area contributed by atoms with E-state index in [-0.39, 0.29) is 4.90 Å². The molecule has 0 saturated heterocycles. The van der Waals surface area contributed by atoms with Crippen molar-refractivity contribution in [2.24, 2.45) is 0 Å². The molecule has 0 bridgehead atoms. The van der Waals surface area contributed by atoms with E-state index in [1.165, 1.54) is 4.90 Å². The lowest BCUT2D eigenvalue weighted by atomic mass is 10.1. The highest BCUT2D eigenvalue weighted by atomic mass is 32.2. The zero-order chi connectivity index (χ0) is 19.9. The van der Waals surface area contributed by atoms with E-state index < -0.39 is 16.1 Å². The van der Waals surface area contributed by atoms with Crippen LogP contribution >= 0.6 is 0 Å². The number of fused-ring (bicyclic) bond motifs is 1. The van der Waals surface area contributed by atoms with E-state index in [2.05, 4.69) is 0 Å². The van der Waals surface area contributed by atoms with Gasteiger partial charge in [-0.2, -0.15) is 4.31 Å². The number of hydrogen-bond acceptors (Lipinski definition) is 3. The molecular formula is C22H20N2O3S. The minimum absolute atomic E-state index is 0.131. The van der Waals surface area contributed by atoms with Crippen molar-refractivity contribution in [1.82, 2.24) is 0 Å². The number of hydrogen-bond donors (Lipinski definition) is 0. The number of amides is 2. The lowest BCUT2D eigenvalue weighted by molar-refractivity contribution is 0.253. The van der Waals surface area contributed by atoms with Gasteiger partial charge in [0.25, 0.3) is 10.0 Å². The zero-order valence-corrected chi connectivity index (χ0v) is 16.5. The van der Waals surface area contributed by atoms with Crippen molar-refractivity contribution in [3.8, 4) is 0 Å². The Labute approximate surface area is 164 Å². The van der Waals surface area contributed by atoms with Gasteiger partial charge in [-0.15, -0.1) is 0 Å². The van der Waals surface area contributed by atoms with Gasteiger partial charge in [0, 0.05) is 0 Å². The number of carbonyl (C=O) groups is 1. The van der Waals surface area contributed by atoms with Crippen molar-refractivity contribution >= 4 is 27.4 Å². The fourth-order valence-electron chi connectivity index (χ4n) is 3.45. The number of anilines is 2. The van der Waals surface area contributed by atoms with Crippen molar-refractivity contribution in [1.29, 1.82) is 0 Å². The molecule has 0 saturated carbocycles. The first-order chi connectivity index (χ1) is 13.4. The quantitative estimate of drug-likeness (QED) is 0.652. The third-order valence-corrected chi connectivity index (χ3v) is 6.74. The van der Waals surface area contributed by atoms with E-state index in [1.807, 2.05) is 37.3 Å². The van der Waals surface area contributed by atoms with Crippen LogP contribution in [-0.4, -0.2) is 14.4 Å². The van der Waals surface area contributed by atoms with E-state index in [0.717, 1.165) is 21.0 Å². The third kappa shape index (κ3) is 2.86. The predicted octanol–water partition coefficient (Wildman–Crippen LogP) is 4.64. The summed E-state index contributed by atoms with van der Waals surface area (Å²) in [7, 11) is -4.00. The Bertz CT molecular complexity index is 1170. The average molecular weight is 392 g/mol. The summed E-state index contributed by atoms with van der Waals surface area (Å²) in [6.45, 7) is 4.07. The van der Waals surface area contributed by atoms with Crippen molar-refractivity contribution < 1.29 is 13.2 Å². The van der Waals surface area contributed by atoms with Gasteiger partial charge in [0.2, 0.25) is 0 Å². The highest BCUT2D eigenvalue weighted by Crippen LogP contribution is 2.38. The van der Waals surface area contributed by atoms with Gasteiger partial charge in [-0.1, -0.05) is 54.6 Å². The molecule has 3 aromatic carbocycles. The summed E-state index contributed by atoms with van der Waals surface area (Å²) in [4.78, 5) is 15.1. The molecule has 4 rings (SSSR count). The van der Waals surface area contributed by atoms with Crippen LogP contribution in [-0.2, 0) is 16.6 Å². The molecule has 0 aromatic heterocycles. The highest BCUT2D eigenvalue weighted by molar-refractivity contribution is 7.94. The van der Waals surface area contributed by atoms with Gasteiger partial charge in [-0.3, -0.25) is 4.90 Å². The van der Waals surface area contributed by atoms with E-state index >= 15 is 0 Å². The molecular weight excluding hydrogens is 372 g/mol. The molecule has 0 fully saturated rings. The first-order valence-electron chi connectivity index (χ1n) is 8.97. The number of benzene rings is 3. The molecule has 0 unspecified atom stereocenters. The van der Waals surface area contributed by atoms with Crippen molar-refractivity contribution in [3.63, 3.8) is 0 Å². The topological polar surface area (TPSA) is 57.7 Å². The summed E-state index contributed by atoms with van der Waals surface area (Å²) in [5.41, 5.74) is 3.50. The van der Waals surface area contributed by atoms with Gasteiger partial charge in [0.1, 0.15) is 4.90 Å². The number of aryl methyl sites for hydroxylation is 2. The lowest BCUT2D eigenvalue weighted by Crippen LogP contribution is -2.51. The van der Waals surface area contributed by atoms with Crippen LogP contribution in [0, 0.1) is 13.8 Å². The largest absolute Gasteiger partial charge is 0.343 e. The summed E-state index contributed by atoms with van der Waals surface area (Å²) in [5, 5.41) is 0. The Hall–Kier alpha value is -3.12. The third-order valence-electron chi connectivity index (χ3n) is 5.00. The van der Waals surface area contributed by atoms with Gasteiger partial charge in [-0.05, 0) is 48.7 Å². The predicted molar refractivity (Wildman–Crippen MR) is 110 cm³/mol. The summed E-state index contributed by atoms with van der Waals surface area (Å²) in [6, 6.07) is 20.9. The maximum atomic E-state index is 13.4. The molecule has 142 valence electrons. The Kier molecular flexibility index (Phi) is 4.43. The molecule has 0 N–H and O–H groups in total. The number of sulfonamides is 1. The van der Waals surface area contributed by atoms with Crippen LogP contribution in [0.2, 0.25) is 0 Å². The standard InChI is InChI=1S/C22H20N2O3S/c1-16-9-3-5-11-18(16)15-23-20-13-7-8-14-21(20)28(26,27)24(22(23)25)19-12-6-4-10-17(19)2/h3-14H,15H2,1-2H3. The number of nitrogens with zero attached hydrogens (tertiary/aromatic N) is 2. The van der Waals surface area contributed by atoms with Crippen LogP contribution in [0.25, 0.3) is 0 Å². The SMILES string of the molecule is Cc1ccccc1CN1C(=O)N(c2ccccc2C)S(=O)(=O)c2ccccc21. The normalized spacial score (nSPS) is 15.4. The molecule has 0 radical (unpaired) electrons. The number of urea groups is 1. The number of carbonyl (C=O) groups excluding carboxylic acids is 1. The van der Waals surface area contributed by atoms with E-state index in [9.17, 15) is 13.2 Å². The zero-order valence-electron chi connectivity index (χ0n) is 15.7. The number of para-hydroxylation sites is 2. The second-order valence-corrected chi connectivity index (χ2v) is 8.57. The highest BCUT2D eigenvalue weighted by Gasteiger charge is 2.42. The second kappa shape index (κ2) is 6.80.